The molecule has 2 heteroatoms. The molecule has 1 aliphatic rings. The molecule has 0 amide bonds. The van der Waals surface area contributed by atoms with Gasteiger partial charge in [0.25, 0.3) is 0 Å². The standard InChI is InChI=1S/C9H10S2/c1-2-6-10-7-4-3-5-8-9(7)11-8/h3-5H,2,6H2,1H3. The number of fused-ring (bicyclic) bond motifs is 1. The molecule has 0 N–H and O–H groups in total. The molecule has 0 bridgehead atoms. The largest absolute Gasteiger partial charge is 0.125 e. The first kappa shape index (κ1) is 7.56. The van der Waals surface area contributed by atoms with Crippen LogP contribution in [0, 0.1) is 0 Å². The number of hydrogen-bond donors (Lipinski definition) is 0. The van der Waals surface area contributed by atoms with Crippen molar-refractivity contribution in [3.05, 3.63) is 18.2 Å². The molecule has 0 fully saturated rings. The zero-order valence-corrected chi connectivity index (χ0v) is 8.10. The van der Waals surface area contributed by atoms with E-state index in [-0.39, 0.29) is 0 Å². The first-order valence-corrected chi connectivity index (χ1v) is 5.65. The van der Waals surface area contributed by atoms with E-state index in [4.69, 9.17) is 0 Å². The van der Waals surface area contributed by atoms with Crippen LogP contribution in [0.1, 0.15) is 13.3 Å². The van der Waals surface area contributed by atoms with Crippen molar-refractivity contribution < 1.29 is 0 Å². The van der Waals surface area contributed by atoms with Gasteiger partial charge in [-0.1, -0.05) is 24.8 Å². The highest BCUT2D eigenvalue weighted by atomic mass is 32.2. The maximum Gasteiger partial charge on any atom is 0.0398 e. The van der Waals surface area contributed by atoms with Gasteiger partial charge in [0.2, 0.25) is 0 Å². The first-order valence-electron chi connectivity index (χ1n) is 3.85. The molecule has 0 spiro atoms. The van der Waals surface area contributed by atoms with Gasteiger partial charge in [-0.05, 0) is 24.3 Å². The van der Waals surface area contributed by atoms with Crippen molar-refractivity contribution >= 4 is 23.5 Å². The van der Waals surface area contributed by atoms with E-state index in [1.165, 1.54) is 26.9 Å². The van der Waals surface area contributed by atoms with Gasteiger partial charge in [-0.25, -0.2) is 0 Å². The molecule has 1 aromatic rings. The van der Waals surface area contributed by atoms with Crippen LogP contribution >= 0.6 is 23.5 Å². The third-order valence-corrected chi connectivity index (χ3v) is 3.97. The van der Waals surface area contributed by atoms with E-state index in [2.05, 4.69) is 25.1 Å². The van der Waals surface area contributed by atoms with Crippen molar-refractivity contribution in [1.82, 2.24) is 0 Å². The van der Waals surface area contributed by atoms with Crippen molar-refractivity contribution in [2.75, 3.05) is 5.75 Å². The summed E-state index contributed by atoms with van der Waals surface area (Å²) < 4.78 is 0. The van der Waals surface area contributed by atoms with E-state index >= 15 is 0 Å². The number of rotatable bonds is 3. The van der Waals surface area contributed by atoms with Gasteiger partial charge in [0.05, 0.1) is 0 Å². The fraction of sp³-hybridized carbons (Fsp3) is 0.333. The molecule has 0 atom stereocenters. The lowest BCUT2D eigenvalue weighted by atomic mass is 10.4. The summed E-state index contributed by atoms with van der Waals surface area (Å²) in [5.41, 5.74) is 0. The summed E-state index contributed by atoms with van der Waals surface area (Å²) in [6.07, 6.45) is 1.26. The Morgan fingerprint density at radius 3 is 3.18 bits per heavy atom. The summed E-state index contributed by atoms with van der Waals surface area (Å²) in [6.45, 7) is 2.22. The quantitative estimate of drug-likeness (QED) is 0.525. The molecule has 0 saturated carbocycles. The lowest BCUT2D eigenvalue weighted by Crippen LogP contribution is -1.73. The van der Waals surface area contributed by atoms with Gasteiger partial charge in [0, 0.05) is 14.7 Å². The van der Waals surface area contributed by atoms with Crippen molar-refractivity contribution in [3.63, 3.8) is 0 Å². The van der Waals surface area contributed by atoms with Crippen LogP contribution < -0.4 is 0 Å². The average molecular weight is 182 g/mol. The molecule has 0 nitrogen and oxygen atoms in total. The maximum absolute atomic E-state index is 2.22. The second-order valence-corrected chi connectivity index (χ2v) is 4.72. The van der Waals surface area contributed by atoms with Gasteiger partial charge >= 0.3 is 0 Å². The number of benzene rings is 1. The van der Waals surface area contributed by atoms with E-state index in [1.807, 2.05) is 23.5 Å². The molecular weight excluding hydrogens is 172 g/mol. The maximum atomic E-state index is 2.22. The highest BCUT2D eigenvalue weighted by Gasteiger charge is 2.21. The van der Waals surface area contributed by atoms with E-state index in [1.54, 1.807) is 0 Å². The minimum absolute atomic E-state index is 1.25. The van der Waals surface area contributed by atoms with Gasteiger partial charge in [0.1, 0.15) is 0 Å². The molecule has 1 aliphatic heterocycles. The van der Waals surface area contributed by atoms with E-state index in [9.17, 15) is 0 Å². The van der Waals surface area contributed by atoms with Gasteiger partial charge in [-0.2, -0.15) is 0 Å². The van der Waals surface area contributed by atoms with E-state index in [0.29, 0.717) is 0 Å². The second-order valence-electron chi connectivity index (χ2n) is 2.53. The molecule has 0 aromatic heterocycles. The first-order chi connectivity index (χ1) is 5.42. The summed E-state index contributed by atoms with van der Waals surface area (Å²) in [7, 11) is 0. The lowest BCUT2D eigenvalue weighted by Gasteiger charge is -1.95. The Balaban J connectivity index is 2.09. The van der Waals surface area contributed by atoms with Crippen LogP contribution in [0.5, 0.6) is 0 Å². The van der Waals surface area contributed by atoms with Crippen LogP contribution in [0.15, 0.2) is 32.9 Å². The highest BCUT2D eigenvalue weighted by Crippen LogP contribution is 2.53. The third-order valence-electron chi connectivity index (χ3n) is 1.57. The fourth-order valence-electron chi connectivity index (χ4n) is 0.990. The van der Waals surface area contributed by atoms with Crippen LogP contribution in [-0.2, 0) is 0 Å². The van der Waals surface area contributed by atoms with Crippen LogP contribution in [0.4, 0.5) is 0 Å². The molecule has 1 aromatic carbocycles. The Kier molecular flexibility index (Phi) is 2.14. The highest BCUT2D eigenvalue weighted by molar-refractivity contribution is 8.06. The van der Waals surface area contributed by atoms with Crippen molar-refractivity contribution in [2.45, 2.75) is 28.0 Å². The monoisotopic (exact) mass is 182 g/mol. The zero-order chi connectivity index (χ0) is 7.68. The van der Waals surface area contributed by atoms with E-state index < -0.39 is 0 Å². The summed E-state index contributed by atoms with van der Waals surface area (Å²) in [4.78, 5) is 4.48. The third kappa shape index (κ3) is 1.57. The van der Waals surface area contributed by atoms with Gasteiger partial charge in [-0.15, -0.1) is 11.8 Å². The molecule has 11 heavy (non-hydrogen) atoms. The minimum Gasteiger partial charge on any atom is -0.125 e. The fourth-order valence-corrected chi connectivity index (χ4v) is 2.86. The smallest absolute Gasteiger partial charge is 0.0398 e. The SMILES string of the molecule is CCCSc1cccc2c1S2. The Hall–Kier alpha value is -0.0800. The topological polar surface area (TPSA) is 0 Å². The van der Waals surface area contributed by atoms with Gasteiger partial charge < -0.3 is 0 Å². The molecule has 0 radical (unpaired) electrons. The second kappa shape index (κ2) is 3.11. The van der Waals surface area contributed by atoms with Crippen LogP contribution in [-0.4, -0.2) is 5.75 Å². The Bertz CT molecular complexity index is 268. The van der Waals surface area contributed by atoms with Crippen molar-refractivity contribution in [2.24, 2.45) is 0 Å². The molecule has 2 rings (SSSR count). The Morgan fingerprint density at radius 1 is 1.45 bits per heavy atom. The van der Waals surface area contributed by atoms with Gasteiger partial charge in [-0.3, -0.25) is 0 Å². The Labute approximate surface area is 75.8 Å². The van der Waals surface area contributed by atoms with E-state index in [0.717, 1.165) is 0 Å². The molecule has 1 heterocycles. The summed E-state index contributed by atoms with van der Waals surface area (Å²) >= 11 is 3.89. The number of thioether (sulfide) groups is 1. The number of hydrogen-bond acceptors (Lipinski definition) is 2. The zero-order valence-electron chi connectivity index (χ0n) is 6.46. The molecule has 0 saturated heterocycles. The molecule has 0 unspecified atom stereocenters. The molecule has 0 aliphatic carbocycles. The summed E-state index contributed by atoms with van der Waals surface area (Å²) in [5, 5.41) is 0. The van der Waals surface area contributed by atoms with Crippen molar-refractivity contribution in [3.8, 4) is 0 Å². The van der Waals surface area contributed by atoms with Crippen LogP contribution in [0.25, 0.3) is 0 Å². The average Bonchev–Trinajstić information content (AvgIpc) is 2.79. The normalized spacial score (nSPS) is 12.8. The summed E-state index contributed by atoms with van der Waals surface area (Å²) in [6, 6.07) is 6.56. The Morgan fingerprint density at radius 2 is 2.36 bits per heavy atom. The summed E-state index contributed by atoms with van der Waals surface area (Å²) in [5.74, 6) is 1.25. The minimum atomic E-state index is 1.25. The van der Waals surface area contributed by atoms with Crippen LogP contribution in [0.2, 0.25) is 0 Å². The molecule has 58 valence electrons. The lowest BCUT2D eigenvalue weighted by molar-refractivity contribution is 1.10. The molecular formula is C9H10S2. The van der Waals surface area contributed by atoms with Crippen LogP contribution in [0.3, 0.4) is 0 Å². The van der Waals surface area contributed by atoms with Gasteiger partial charge in [0.15, 0.2) is 0 Å². The predicted octanol–water partition coefficient (Wildman–Crippen LogP) is 3.65. The predicted molar refractivity (Wildman–Crippen MR) is 51.6 cm³/mol. The van der Waals surface area contributed by atoms with Crippen molar-refractivity contribution in [1.29, 1.82) is 0 Å².